The second kappa shape index (κ2) is 18.7. The fourth-order valence-corrected chi connectivity index (χ4v) is 9.54. The molecule has 4 fully saturated rings. The SMILES string of the molecule is Nc1ncnc2c1c(-c1ccc(Oc3ccccc3)cc1)nn2C1CCN(C2CN(C3CN(c4ccc5c(c4)C(=O)N(C4CCC(=O)NC4=O)C5=O)C3)C2)CC1.O=C(O)CC(O)(CC(=O)O)C(=O)O. The highest BCUT2D eigenvalue weighted by atomic mass is 16.5. The van der Waals surface area contributed by atoms with Gasteiger partial charge in [-0.3, -0.25) is 48.8 Å². The normalized spacial score (nSPS) is 19.3. The molecule has 0 radical (unpaired) electrons. The van der Waals surface area contributed by atoms with Crippen LogP contribution in [-0.4, -0.2) is 159 Å². The van der Waals surface area contributed by atoms with E-state index in [0.717, 1.165) is 96.5 Å². The molecule has 1 atom stereocenters. The van der Waals surface area contributed by atoms with Crippen molar-refractivity contribution in [3.63, 3.8) is 0 Å². The Labute approximate surface area is 392 Å². The van der Waals surface area contributed by atoms with Crippen LogP contribution in [0.15, 0.2) is 79.1 Å². The highest BCUT2D eigenvalue weighted by molar-refractivity contribution is 6.23. The zero-order valence-corrected chi connectivity index (χ0v) is 37.0. The second-order valence-electron chi connectivity index (χ2n) is 17.8. The number of aliphatic carboxylic acids is 3. The number of carboxylic acids is 3. The Hall–Kier alpha value is -7.82. The van der Waals surface area contributed by atoms with Crippen molar-refractivity contribution >= 4 is 64.1 Å². The van der Waals surface area contributed by atoms with Crippen molar-refractivity contribution in [2.75, 3.05) is 49.9 Å². The highest BCUT2D eigenvalue weighted by Gasteiger charge is 2.46. The van der Waals surface area contributed by atoms with Crippen LogP contribution in [0.3, 0.4) is 0 Å². The number of piperidine rings is 2. The Morgan fingerprint density at radius 3 is 2.03 bits per heavy atom. The number of carbonyl (C=O) groups is 7. The fourth-order valence-electron chi connectivity index (χ4n) is 9.54. The molecule has 0 saturated carbocycles. The van der Waals surface area contributed by atoms with Gasteiger partial charge in [-0.15, -0.1) is 0 Å². The number of fused-ring (bicyclic) bond motifs is 2. The molecular weight excluding hydrogens is 897 g/mol. The van der Waals surface area contributed by atoms with Gasteiger partial charge in [0, 0.05) is 69.0 Å². The lowest BCUT2D eigenvalue weighted by Gasteiger charge is -2.55. The molecule has 2 aromatic heterocycles. The summed E-state index contributed by atoms with van der Waals surface area (Å²) in [5, 5.41) is 41.9. The van der Waals surface area contributed by atoms with Crippen LogP contribution < -0.4 is 20.7 Å². The molecule has 5 aromatic rings. The molecule has 7 heterocycles. The Bertz CT molecular complexity index is 2840. The van der Waals surface area contributed by atoms with E-state index in [1.165, 1.54) is 6.33 Å². The van der Waals surface area contributed by atoms with Crippen LogP contribution in [-0.2, 0) is 24.0 Å². The van der Waals surface area contributed by atoms with E-state index in [0.29, 0.717) is 29.0 Å². The first-order chi connectivity index (χ1) is 33.1. The third-order valence-electron chi connectivity index (χ3n) is 13.3. The molecule has 5 aliphatic rings. The van der Waals surface area contributed by atoms with Gasteiger partial charge in [0.1, 0.15) is 35.4 Å². The molecule has 22 heteroatoms. The maximum Gasteiger partial charge on any atom is 0.336 e. The number of carbonyl (C=O) groups excluding carboxylic acids is 4. The minimum absolute atomic E-state index is 0.0958. The molecule has 5 aliphatic heterocycles. The maximum atomic E-state index is 13.3. The molecule has 22 nitrogen and oxygen atoms in total. The van der Waals surface area contributed by atoms with Crippen molar-refractivity contribution in [1.82, 2.24) is 39.8 Å². The van der Waals surface area contributed by atoms with Gasteiger partial charge in [0.2, 0.25) is 11.8 Å². The molecule has 69 heavy (non-hydrogen) atoms. The number of para-hydroxylation sites is 1. The minimum atomic E-state index is -2.74. The van der Waals surface area contributed by atoms with Crippen molar-refractivity contribution in [1.29, 1.82) is 0 Å². The summed E-state index contributed by atoms with van der Waals surface area (Å²) in [5.74, 6) is -5.05. The molecule has 0 bridgehead atoms. The largest absolute Gasteiger partial charge is 0.481 e. The number of imide groups is 2. The Balaban J connectivity index is 0.000000401. The van der Waals surface area contributed by atoms with Crippen LogP contribution in [0.1, 0.15) is 65.3 Å². The lowest BCUT2D eigenvalue weighted by molar-refractivity contribution is -0.170. The molecule has 7 N–H and O–H groups in total. The van der Waals surface area contributed by atoms with Crippen LogP contribution in [0, 0.1) is 0 Å². The first-order valence-electron chi connectivity index (χ1n) is 22.4. The molecule has 3 aromatic carbocycles. The average molecular weight is 945 g/mol. The summed E-state index contributed by atoms with van der Waals surface area (Å²) in [6, 6.07) is 23.0. The number of aliphatic hydroxyl groups is 1. The number of nitrogens with two attached hydrogens (primary N) is 1. The zero-order chi connectivity index (χ0) is 48.7. The first kappa shape index (κ1) is 46.3. The Kier molecular flexibility index (Phi) is 12.5. The average Bonchev–Trinajstić information content (AvgIpc) is 3.79. The molecule has 0 spiro atoms. The molecule has 10 rings (SSSR count). The van der Waals surface area contributed by atoms with E-state index in [9.17, 15) is 33.6 Å². The third-order valence-corrected chi connectivity index (χ3v) is 13.3. The summed E-state index contributed by atoms with van der Waals surface area (Å²) in [6.45, 7) is 5.67. The van der Waals surface area contributed by atoms with Crippen LogP contribution in [0.5, 0.6) is 11.5 Å². The number of anilines is 2. The molecule has 4 saturated heterocycles. The predicted octanol–water partition coefficient (Wildman–Crippen LogP) is 2.23. The van der Waals surface area contributed by atoms with E-state index >= 15 is 0 Å². The number of likely N-dealkylation sites (tertiary alicyclic amines) is 2. The summed E-state index contributed by atoms with van der Waals surface area (Å²) in [4.78, 5) is 98.3. The number of nitrogens with one attached hydrogen (secondary N) is 1. The first-order valence-corrected chi connectivity index (χ1v) is 22.4. The van der Waals surface area contributed by atoms with E-state index in [2.05, 4.69) is 34.7 Å². The van der Waals surface area contributed by atoms with Crippen LogP contribution in [0.4, 0.5) is 11.5 Å². The number of hydrogen-bond donors (Lipinski definition) is 6. The number of rotatable bonds is 13. The summed E-state index contributed by atoms with van der Waals surface area (Å²) in [6.07, 6.45) is 1.37. The van der Waals surface area contributed by atoms with Crippen molar-refractivity contribution in [2.24, 2.45) is 0 Å². The minimum Gasteiger partial charge on any atom is -0.481 e. The zero-order valence-electron chi connectivity index (χ0n) is 37.0. The fraction of sp³-hybridized carbons (Fsp3) is 0.362. The number of benzene rings is 3. The number of hydrogen-bond acceptors (Lipinski definition) is 16. The lowest BCUT2D eigenvalue weighted by Crippen LogP contribution is -2.70. The van der Waals surface area contributed by atoms with Gasteiger partial charge in [-0.05, 0) is 73.9 Å². The number of carboxylic acid groups (broad SMARTS) is 3. The highest BCUT2D eigenvalue weighted by Crippen LogP contribution is 2.38. The number of amides is 4. The number of aromatic nitrogens is 4. The number of nitrogen functional groups attached to an aromatic ring is 1. The topological polar surface area (TPSA) is 304 Å². The van der Waals surface area contributed by atoms with Gasteiger partial charge in [0.15, 0.2) is 11.2 Å². The maximum absolute atomic E-state index is 13.3. The van der Waals surface area contributed by atoms with E-state index < -0.39 is 60.1 Å². The van der Waals surface area contributed by atoms with E-state index in [4.69, 9.17) is 36.0 Å². The van der Waals surface area contributed by atoms with Gasteiger partial charge in [-0.2, -0.15) is 5.10 Å². The molecular formula is C47H48N10O12. The molecule has 0 aliphatic carbocycles. The van der Waals surface area contributed by atoms with Crippen molar-refractivity contribution in [3.8, 4) is 22.8 Å². The van der Waals surface area contributed by atoms with Crippen LogP contribution in [0.2, 0.25) is 0 Å². The monoisotopic (exact) mass is 944 g/mol. The van der Waals surface area contributed by atoms with Gasteiger partial charge in [0.25, 0.3) is 11.8 Å². The number of ether oxygens (including phenoxy) is 1. The van der Waals surface area contributed by atoms with Gasteiger partial charge in [-0.1, -0.05) is 18.2 Å². The predicted molar refractivity (Wildman–Crippen MR) is 243 cm³/mol. The van der Waals surface area contributed by atoms with E-state index in [1.807, 2.05) is 60.7 Å². The molecule has 1 unspecified atom stereocenters. The van der Waals surface area contributed by atoms with Crippen molar-refractivity contribution < 1.29 is 58.7 Å². The van der Waals surface area contributed by atoms with Gasteiger partial charge >= 0.3 is 17.9 Å². The van der Waals surface area contributed by atoms with Crippen molar-refractivity contribution in [3.05, 3.63) is 90.3 Å². The number of nitrogens with zero attached hydrogens (tertiary/aromatic N) is 8. The molecule has 4 amide bonds. The van der Waals surface area contributed by atoms with Crippen LogP contribution >= 0.6 is 0 Å². The standard InChI is InChI=1S/C41H40N10O5.C6H8O7/c42-37-35-36(24-6-9-30(10-7-24)56-29-4-2-1-3-5-29)46-51(38(35)44-23-43-37)25-14-16-47(17-15-25)27-19-49(20-27)28-21-48(22-28)26-8-11-31-32(18-26)41(55)50(40(31)54)33-12-13-34(52)45-39(33)53;7-3(8)1-6(13,5(11)12)2-4(9)10/h1-11,18,23,25,27-28,33H,12-17,19-22H2,(H2,42,43,44)(H,45,52,53);13H,1-2H2,(H,7,8)(H,9,10)(H,11,12). The van der Waals surface area contributed by atoms with Gasteiger partial charge in [0.05, 0.1) is 35.4 Å². The van der Waals surface area contributed by atoms with Crippen molar-refractivity contribution in [2.45, 2.75) is 68.3 Å². The van der Waals surface area contributed by atoms with Gasteiger partial charge < -0.3 is 35.8 Å². The third kappa shape index (κ3) is 9.28. The quantitative estimate of drug-likeness (QED) is 0.0922. The summed E-state index contributed by atoms with van der Waals surface area (Å²) >= 11 is 0. The summed E-state index contributed by atoms with van der Waals surface area (Å²) in [5.41, 5.74) is 7.64. The summed E-state index contributed by atoms with van der Waals surface area (Å²) in [7, 11) is 0. The Morgan fingerprint density at radius 2 is 1.39 bits per heavy atom. The summed E-state index contributed by atoms with van der Waals surface area (Å²) < 4.78 is 8.05. The smallest absolute Gasteiger partial charge is 0.336 e. The van der Waals surface area contributed by atoms with E-state index in [-0.39, 0.29) is 24.8 Å². The van der Waals surface area contributed by atoms with Crippen LogP contribution in [0.25, 0.3) is 22.3 Å². The van der Waals surface area contributed by atoms with E-state index in [1.54, 1.807) is 12.1 Å². The second-order valence-corrected chi connectivity index (χ2v) is 17.8. The van der Waals surface area contributed by atoms with Gasteiger partial charge in [-0.25, -0.2) is 19.4 Å². The molecule has 358 valence electrons. The lowest BCUT2D eigenvalue weighted by atomic mass is 9.95. The Morgan fingerprint density at radius 1 is 0.754 bits per heavy atom.